The van der Waals surface area contributed by atoms with Crippen molar-refractivity contribution in [3.63, 3.8) is 0 Å². The highest BCUT2D eigenvalue weighted by Gasteiger charge is 2.22. The maximum Gasteiger partial charge on any atom is 0.242 e. The van der Waals surface area contributed by atoms with Crippen molar-refractivity contribution in [2.75, 3.05) is 23.4 Å². The Labute approximate surface area is 122 Å². The second-order valence-corrected chi connectivity index (χ2v) is 6.23. The highest BCUT2D eigenvalue weighted by Crippen LogP contribution is 2.31. The first-order valence-electron chi connectivity index (χ1n) is 5.34. The number of anilines is 1. The van der Waals surface area contributed by atoms with Crippen molar-refractivity contribution in [1.82, 2.24) is 5.32 Å². The molecule has 1 unspecified atom stereocenters. The van der Waals surface area contributed by atoms with Gasteiger partial charge in [0, 0.05) is 22.5 Å². The maximum absolute atomic E-state index is 13.1. The monoisotopic (exact) mass is 352 g/mol. The molecule has 0 saturated carbocycles. The van der Waals surface area contributed by atoms with Crippen molar-refractivity contribution in [3.8, 4) is 0 Å². The summed E-state index contributed by atoms with van der Waals surface area (Å²) in [5.41, 5.74) is 0.403. The van der Waals surface area contributed by atoms with E-state index >= 15 is 0 Å². The fraction of sp³-hybridized carbons (Fsp3) is 0.364. The maximum atomic E-state index is 13.1. The van der Waals surface area contributed by atoms with E-state index in [1.54, 1.807) is 11.8 Å². The molecule has 18 heavy (non-hydrogen) atoms. The summed E-state index contributed by atoms with van der Waals surface area (Å²) in [7, 11) is 0. The molecule has 98 valence electrons. The van der Waals surface area contributed by atoms with Gasteiger partial charge in [0.05, 0.1) is 16.8 Å². The molecule has 2 N–H and O–H groups in total. The summed E-state index contributed by atoms with van der Waals surface area (Å²) in [6, 6.07) is 2.20. The second kappa shape index (κ2) is 6.23. The van der Waals surface area contributed by atoms with E-state index in [1.165, 1.54) is 12.1 Å². The fourth-order valence-electron chi connectivity index (χ4n) is 1.61. The molecule has 1 heterocycles. The van der Waals surface area contributed by atoms with Crippen LogP contribution in [0.4, 0.5) is 10.1 Å². The lowest BCUT2D eigenvalue weighted by Gasteiger charge is -2.22. The predicted octanol–water partition coefficient (Wildman–Crippen LogP) is 2.89. The van der Waals surface area contributed by atoms with Crippen molar-refractivity contribution in [3.05, 3.63) is 27.4 Å². The third-order valence-corrected chi connectivity index (χ3v) is 4.48. The van der Waals surface area contributed by atoms with Crippen LogP contribution in [-0.2, 0) is 4.79 Å². The van der Waals surface area contributed by atoms with Crippen molar-refractivity contribution < 1.29 is 9.18 Å². The van der Waals surface area contributed by atoms with Gasteiger partial charge in [-0.25, -0.2) is 4.39 Å². The van der Waals surface area contributed by atoms with Crippen LogP contribution in [0.3, 0.4) is 0 Å². The number of carbonyl (C=O) groups excluding carboxylic acids is 1. The number of benzene rings is 1. The fourth-order valence-corrected chi connectivity index (χ4v) is 3.44. The van der Waals surface area contributed by atoms with E-state index in [-0.39, 0.29) is 17.0 Å². The molecule has 1 amide bonds. The third-order valence-electron chi connectivity index (χ3n) is 2.49. The van der Waals surface area contributed by atoms with Crippen molar-refractivity contribution in [2.45, 2.75) is 6.04 Å². The number of hydrogen-bond acceptors (Lipinski definition) is 3. The molecule has 1 aromatic carbocycles. The van der Waals surface area contributed by atoms with Crippen LogP contribution in [0, 0.1) is 5.82 Å². The van der Waals surface area contributed by atoms with Crippen LogP contribution < -0.4 is 10.6 Å². The molecule has 3 nitrogen and oxygen atoms in total. The van der Waals surface area contributed by atoms with E-state index < -0.39 is 5.82 Å². The van der Waals surface area contributed by atoms with Gasteiger partial charge in [-0.2, -0.15) is 11.8 Å². The molecule has 1 saturated heterocycles. The molecule has 1 aliphatic heterocycles. The Kier molecular flexibility index (Phi) is 4.89. The second-order valence-electron chi connectivity index (χ2n) is 3.82. The molecule has 1 fully saturated rings. The standard InChI is InChI=1S/C11H11BrClFN2OS/c12-7-3-6(14)4-8(13)10(7)16-11(17)9-5-18-2-1-15-9/h3-4,9,15H,1-2,5H2,(H,16,17). The van der Waals surface area contributed by atoms with Crippen LogP contribution in [0.15, 0.2) is 16.6 Å². The van der Waals surface area contributed by atoms with Gasteiger partial charge in [-0.05, 0) is 28.1 Å². The van der Waals surface area contributed by atoms with E-state index in [0.717, 1.165) is 18.1 Å². The number of hydrogen-bond donors (Lipinski definition) is 2. The van der Waals surface area contributed by atoms with Crippen LogP contribution in [0.1, 0.15) is 0 Å². The van der Waals surface area contributed by atoms with Gasteiger partial charge in [0.2, 0.25) is 5.91 Å². The topological polar surface area (TPSA) is 41.1 Å². The Hall–Kier alpha value is -0.300. The van der Waals surface area contributed by atoms with Gasteiger partial charge in [-0.15, -0.1) is 0 Å². The highest BCUT2D eigenvalue weighted by molar-refractivity contribution is 9.10. The highest BCUT2D eigenvalue weighted by atomic mass is 79.9. The van der Waals surface area contributed by atoms with Gasteiger partial charge in [-0.3, -0.25) is 4.79 Å². The van der Waals surface area contributed by atoms with Gasteiger partial charge >= 0.3 is 0 Å². The number of carbonyl (C=O) groups is 1. The zero-order chi connectivity index (χ0) is 13.1. The lowest BCUT2D eigenvalue weighted by Crippen LogP contribution is -2.46. The Morgan fingerprint density at radius 3 is 3.00 bits per heavy atom. The molecule has 7 heteroatoms. The summed E-state index contributed by atoms with van der Waals surface area (Å²) in [5, 5.41) is 6.02. The lowest BCUT2D eigenvalue weighted by atomic mass is 10.2. The Morgan fingerprint density at radius 1 is 1.61 bits per heavy atom. The Bertz CT molecular complexity index is 445. The van der Waals surface area contributed by atoms with Gasteiger partial charge in [0.15, 0.2) is 0 Å². The summed E-state index contributed by atoms with van der Waals surface area (Å²) in [5.74, 6) is 1.13. The Balaban J connectivity index is 2.11. The van der Waals surface area contributed by atoms with Crippen LogP contribution in [-0.4, -0.2) is 30.0 Å². The van der Waals surface area contributed by atoms with Gasteiger partial charge < -0.3 is 10.6 Å². The molecule has 0 bridgehead atoms. The van der Waals surface area contributed by atoms with E-state index in [9.17, 15) is 9.18 Å². The minimum Gasteiger partial charge on any atom is -0.322 e. The molecular weight excluding hydrogens is 343 g/mol. The first-order chi connectivity index (χ1) is 8.58. The van der Waals surface area contributed by atoms with E-state index in [2.05, 4.69) is 26.6 Å². The normalized spacial score (nSPS) is 19.6. The summed E-state index contributed by atoms with van der Waals surface area (Å²) >= 11 is 10.8. The van der Waals surface area contributed by atoms with Crippen molar-refractivity contribution in [1.29, 1.82) is 0 Å². The molecule has 0 aromatic heterocycles. The molecule has 1 aliphatic rings. The molecule has 2 rings (SSSR count). The molecular formula is C11H11BrClFN2OS. The Morgan fingerprint density at radius 2 is 2.39 bits per heavy atom. The SMILES string of the molecule is O=C(Nc1c(Cl)cc(F)cc1Br)C1CSCCN1. The van der Waals surface area contributed by atoms with Crippen LogP contribution in [0.5, 0.6) is 0 Å². The minimum atomic E-state index is -0.448. The van der Waals surface area contributed by atoms with Gasteiger partial charge in [-0.1, -0.05) is 11.6 Å². The zero-order valence-corrected chi connectivity index (χ0v) is 12.5. The molecule has 1 aromatic rings. The number of nitrogens with one attached hydrogen (secondary N) is 2. The van der Waals surface area contributed by atoms with E-state index in [4.69, 9.17) is 11.6 Å². The molecule has 1 atom stereocenters. The number of thioether (sulfide) groups is 1. The lowest BCUT2D eigenvalue weighted by molar-refractivity contribution is -0.117. The largest absolute Gasteiger partial charge is 0.322 e. The average Bonchev–Trinajstić information content (AvgIpc) is 2.34. The number of rotatable bonds is 2. The minimum absolute atomic E-state index is 0.156. The summed E-state index contributed by atoms with van der Waals surface area (Å²) in [4.78, 5) is 12.0. The van der Waals surface area contributed by atoms with Crippen LogP contribution >= 0.6 is 39.3 Å². The predicted molar refractivity (Wildman–Crippen MR) is 76.9 cm³/mol. The number of halogens is 3. The van der Waals surface area contributed by atoms with E-state index in [0.29, 0.717) is 10.2 Å². The first-order valence-corrected chi connectivity index (χ1v) is 7.67. The first kappa shape index (κ1) is 14.1. The van der Waals surface area contributed by atoms with E-state index in [1.807, 2.05) is 0 Å². The van der Waals surface area contributed by atoms with Crippen molar-refractivity contribution in [2.24, 2.45) is 0 Å². The summed E-state index contributed by atoms with van der Waals surface area (Å²) in [6.45, 7) is 0.807. The third kappa shape index (κ3) is 3.38. The van der Waals surface area contributed by atoms with Crippen molar-refractivity contribution >= 4 is 50.9 Å². The van der Waals surface area contributed by atoms with Crippen LogP contribution in [0.2, 0.25) is 5.02 Å². The van der Waals surface area contributed by atoms with Crippen LogP contribution in [0.25, 0.3) is 0 Å². The quantitative estimate of drug-likeness (QED) is 0.859. The zero-order valence-electron chi connectivity index (χ0n) is 9.30. The van der Waals surface area contributed by atoms with Gasteiger partial charge in [0.1, 0.15) is 5.82 Å². The molecule has 0 aliphatic carbocycles. The van der Waals surface area contributed by atoms with Gasteiger partial charge in [0.25, 0.3) is 0 Å². The number of amides is 1. The summed E-state index contributed by atoms with van der Waals surface area (Å²) in [6.07, 6.45) is 0. The smallest absolute Gasteiger partial charge is 0.242 e. The average molecular weight is 354 g/mol. The molecule has 0 spiro atoms. The molecule has 0 radical (unpaired) electrons. The summed E-state index contributed by atoms with van der Waals surface area (Å²) < 4.78 is 13.5.